The Bertz CT molecular complexity index is 996. The quantitative estimate of drug-likeness (QED) is 0.282. The molecule has 4 nitrogen and oxygen atoms in total. The zero-order valence-corrected chi connectivity index (χ0v) is 25.0. The molecule has 10 atom stereocenters. The first kappa shape index (κ1) is 27.3. The number of methoxy groups -OCH3 is 2. The molecule has 4 heteroatoms. The van der Waals surface area contributed by atoms with Gasteiger partial charge in [0.05, 0.1) is 25.6 Å². The van der Waals surface area contributed by atoms with Crippen LogP contribution in [0.15, 0.2) is 11.6 Å². The molecule has 10 unspecified atom stereocenters. The first-order chi connectivity index (χ1) is 17.2. The molecule has 37 heavy (non-hydrogen) atoms. The van der Waals surface area contributed by atoms with Crippen molar-refractivity contribution in [1.29, 1.82) is 0 Å². The summed E-state index contributed by atoms with van der Waals surface area (Å²) < 4.78 is 10.8. The molecule has 0 heterocycles. The summed E-state index contributed by atoms with van der Waals surface area (Å²) in [7, 11) is 3.13. The second-order valence-electron chi connectivity index (χ2n) is 15.2. The van der Waals surface area contributed by atoms with E-state index in [-0.39, 0.29) is 50.8 Å². The van der Waals surface area contributed by atoms with Crippen molar-refractivity contribution in [2.24, 2.45) is 62.6 Å². The van der Waals surface area contributed by atoms with Gasteiger partial charge < -0.3 is 9.47 Å². The summed E-state index contributed by atoms with van der Waals surface area (Å²) in [4.78, 5) is 26.2. The molecule has 4 fully saturated rings. The highest BCUT2D eigenvalue weighted by Crippen LogP contribution is 2.76. The molecule has 0 bridgehead atoms. The van der Waals surface area contributed by atoms with E-state index in [1.54, 1.807) is 19.8 Å². The summed E-state index contributed by atoms with van der Waals surface area (Å²) in [5.74, 6) is 2.50. The summed E-state index contributed by atoms with van der Waals surface area (Å²) in [6, 6.07) is 0. The van der Waals surface area contributed by atoms with E-state index < -0.39 is 0 Å². The minimum atomic E-state index is -0.350. The van der Waals surface area contributed by atoms with Crippen LogP contribution in [-0.4, -0.2) is 26.2 Å². The monoisotopic (exact) mass is 512 g/mol. The highest BCUT2D eigenvalue weighted by Gasteiger charge is 2.70. The molecular weight excluding hydrogens is 460 g/mol. The Balaban J connectivity index is 1.58. The van der Waals surface area contributed by atoms with Crippen LogP contribution in [0.1, 0.15) is 106 Å². The summed E-state index contributed by atoms with van der Waals surface area (Å²) in [6.45, 7) is 17.2. The van der Waals surface area contributed by atoms with Gasteiger partial charge in [0.1, 0.15) is 0 Å². The molecule has 0 N–H and O–H groups in total. The summed E-state index contributed by atoms with van der Waals surface area (Å²) in [5.41, 5.74) is 1.67. The molecule has 0 aromatic carbocycles. The first-order valence-corrected chi connectivity index (χ1v) is 15.1. The molecule has 0 aromatic heterocycles. The normalized spacial score (nSPS) is 50.4. The van der Waals surface area contributed by atoms with Crippen molar-refractivity contribution < 1.29 is 19.1 Å². The Morgan fingerprint density at radius 1 is 0.838 bits per heavy atom. The van der Waals surface area contributed by atoms with Gasteiger partial charge >= 0.3 is 11.9 Å². The number of hydrogen-bond acceptors (Lipinski definition) is 4. The predicted octanol–water partition coefficient (Wildman–Crippen LogP) is 7.61. The molecule has 4 saturated carbocycles. The van der Waals surface area contributed by atoms with Gasteiger partial charge in [-0.3, -0.25) is 9.59 Å². The summed E-state index contributed by atoms with van der Waals surface area (Å²) in [5, 5.41) is 0. The lowest BCUT2D eigenvalue weighted by Gasteiger charge is -2.71. The van der Waals surface area contributed by atoms with Crippen molar-refractivity contribution >= 4 is 11.9 Å². The largest absolute Gasteiger partial charge is 0.469 e. The lowest BCUT2D eigenvalue weighted by atomic mass is 9.33. The number of esters is 2. The van der Waals surface area contributed by atoms with Gasteiger partial charge in [0.15, 0.2) is 0 Å². The lowest BCUT2D eigenvalue weighted by Crippen LogP contribution is -2.65. The van der Waals surface area contributed by atoms with Crippen molar-refractivity contribution in [3.05, 3.63) is 11.6 Å². The van der Waals surface area contributed by atoms with Crippen molar-refractivity contribution in [2.75, 3.05) is 14.2 Å². The first-order valence-electron chi connectivity index (χ1n) is 15.1. The van der Waals surface area contributed by atoms with E-state index in [0.29, 0.717) is 23.7 Å². The molecular formula is C33H52O4. The molecule has 0 saturated heterocycles. The second-order valence-corrected chi connectivity index (χ2v) is 15.2. The third-order valence-corrected chi connectivity index (χ3v) is 14.1. The van der Waals surface area contributed by atoms with E-state index in [4.69, 9.17) is 9.47 Å². The van der Waals surface area contributed by atoms with Gasteiger partial charge in [-0.1, -0.05) is 60.1 Å². The number of fused-ring (bicyclic) bond motifs is 7. The average Bonchev–Trinajstić information content (AvgIpc) is 2.85. The van der Waals surface area contributed by atoms with Crippen molar-refractivity contribution in [3.8, 4) is 0 Å². The third kappa shape index (κ3) is 3.32. The Morgan fingerprint density at radius 3 is 2.19 bits per heavy atom. The minimum absolute atomic E-state index is 0.00913. The Kier molecular flexibility index (Phi) is 6.33. The van der Waals surface area contributed by atoms with Gasteiger partial charge in [-0.25, -0.2) is 0 Å². The molecule has 0 radical (unpaired) electrons. The maximum absolute atomic E-state index is 13.5. The Labute approximate surface area is 225 Å². The number of carbonyl (C=O) groups is 2. The topological polar surface area (TPSA) is 52.6 Å². The van der Waals surface area contributed by atoms with Gasteiger partial charge in [0, 0.05) is 0 Å². The minimum Gasteiger partial charge on any atom is -0.469 e. The molecule has 5 aliphatic rings. The molecule has 0 spiro atoms. The van der Waals surface area contributed by atoms with Crippen LogP contribution < -0.4 is 0 Å². The van der Waals surface area contributed by atoms with E-state index in [9.17, 15) is 9.59 Å². The number of hydrogen-bond donors (Lipinski definition) is 0. The van der Waals surface area contributed by atoms with Crippen LogP contribution in [0.3, 0.4) is 0 Å². The Morgan fingerprint density at radius 2 is 1.54 bits per heavy atom. The Hall–Kier alpha value is -1.32. The van der Waals surface area contributed by atoms with Crippen molar-refractivity contribution in [1.82, 2.24) is 0 Å². The van der Waals surface area contributed by atoms with Gasteiger partial charge in [-0.15, -0.1) is 0 Å². The standard InChI is InChI=1S/C33H52O4/c1-20-12-17-33(28(35)37-9)19-18-31(6)22(26(33)21(20)2)10-11-25-30(5)15-13-23(27(34)36-8)29(3,4)24(30)14-16-32(25,31)7/h10,20-21,23-26H,11-19H2,1-9H3. The van der Waals surface area contributed by atoms with Gasteiger partial charge in [-0.2, -0.15) is 0 Å². The molecule has 5 rings (SSSR count). The highest BCUT2D eigenvalue weighted by molar-refractivity contribution is 5.78. The van der Waals surface area contributed by atoms with Gasteiger partial charge in [0.2, 0.25) is 0 Å². The van der Waals surface area contributed by atoms with Crippen LogP contribution in [-0.2, 0) is 19.1 Å². The van der Waals surface area contributed by atoms with E-state index >= 15 is 0 Å². The second kappa shape index (κ2) is 8.59. The number of rotatable bonds is 2. The van der Waals surface area contributed by atoms with Gasteiger partial charge in [0.25, 0.3) is 0 Å². The van der Waals surface area contributed by atoms with Crippen LogP contribution in [0.4, 0.5) is 0 Å². The third-order valence-electron chi connectivity index (χ3n) is 14.1. The van der Waals surface area contributed by atoms with Crippen LogP contribution in [0.2, 0.25) is 0 Å². The molecule has 0 amide bonds. The lowest BCUT2D eigenvalue weighted by molar-refractivity contribution is -0.203. The summed E-state index contributed by atoms with van der Waals surface area (Å²) >= 11 is 0. The zero-order valence-electron chi connectivity index (χ0n) is 25.0. The van der Waals surface area contributed by atoms with E-state index in [1.165, 1.54) is 12.8 Å². The van der Waals surface area contributed by atoms with E-state index in [0.717, 1.165) is 44.9 Å². The average molecular weight is 513 g/mol. The fourth-order valence-electron chi connectivity index (χ4n) is 11.6. The van der Waals surface area contributed by atoms with Crippen LogP contribution >= 0.6 is 0 Å². The highest BCUT2D eigenvalue weighted by atomic mass is 16.5. The van der Waals surface area contributed by atoms with Crippen LogP contribution in [0.5, 0.6) is 0 Å². The van der Waals surface area contributed by atoms with Crippen molar-refractivity contribution in [3.63, 3.8) is 0 Å². The SMILES string of the molecule is COC(=O)C1CCC2(C)C(CCC3(C)C2CC=C2C4C(C)C(C)CCC4(C(=O)OC)CCC23C)C1(C)C. The maximum Gasteiger partial charge on any atom is 0.312 e. The maximum atomic E-state index is 13.5. The number of ether oxygens (including phenoxy) is 2. The van der Waals surface area contributed by atoms with Gasteiger partial charge in [-0.05, 0) is 109 Å². The fourth-order valence-corrected chi connectivity index (χ4v) is 11.6. The molecule has 0 aromatic rings. The molecule has 0 aliphatic heterocycles. The van der Waals surface area contributed by atoms with Crippen molar-refractivity contribution in [2.45, 2.75) is 106 Å². The molecule has 208 valence electrons. The zero-order chi connectivity index (χ0) is 27.2. The van der Waals surface area contributed by atoms with E-state index in [1.807, 2.05) is 0 Å². The summed E-state index contributed by atoms with van der Waals surface area (Å²) in [6.07, 6.45) is 12.2. The number of carbonyl (C=O) groups excluding carboxylic acids is 2. The van der Waals surface area contributed by atoms with Crippen LogP contribution in [0.25, 0.3) is 0 Å². The van der Waals surface area contributed by atoms with Crippen LogP contribution in [0, 0.1) is 62.6 Å². The van der Waals surface area contributed by atoms with E-state index in [2.05, 4.69) is 54.5 Å². The number of allylic oxidation sites excluding steroid dienone is 2. The molecule has 5 aliphatic carbocycles. The fraction of sp³-hybridized carbons (Fsp3) is 0.879. The predicted molar refractivity (Wildman–Crippen MR) is 146 cm³/mol. The smallest absolute Gasteiger partial charge is 0.312 e.